The van der Waals surface area contributed by atoms with E-state index in [9.17, 15) is 0 Å². The molecule has 0 aliphatic carbocycles. The van der Waals surface area contributed by atoms with E-state index in [2.05, 4.69) is 54.5 Å². The molecule has 0 aliphatic rings. The summed E-state index contributed by atoms with van der Waals surface area (Å²) in [4.78, 5) is 0. The van der Waals surface area contributed by atoms with Gasteiger partial charge in [0.25, 0.3) is 0 Å². The molecule has 2 aromatic heterocycles. The highest BCUT2D eigenvalue weighted by Gasteiger charge is 2.19. The van der Waals surface area contributed by atoms with Crippen molar-refractivity contribution in [1.82, 2.24) is 25.3 Å². The van der Waals surface area contributed by atoms with Crippen molar-refractivity contribution in [1.29, 1.82) is 0 Å². The molecule has 21 heavy (non-hydrogen) atoms. The molecule has 0 spiro atoms. The van der Waals surface area contributed by atoms with E-state index in [4.69, 9.17) is 4.42 Å². The fourth-order valence-corrected chi connectivity index (χ4v) is 2.10. The van der Waals surface area contributed by atoms with Gasteiger partial charge in [-0.25, -0.2) is 0 Å². The summed E-state index contributed by atoms with van der Waals surface area (Å²) in [7, 11) is 0. The van der Waals surface area contributed by atoms with Crippen LogP contribution in [-0.4, -0.2) is 20.0 Å². The molecule has 6 nitrogen and oxygen atoms in total. The van der Waals surface area contributed by atoms with Crippen LogP contribution in [-0.2, 0) is 18.5 Å². The minimum absolute atomic E-state index is 0.00869. The van der Waals surface area contributed by atoms with E-state index in [1.807, 2.05) is 18.5 Å². The summed E-state index contributed by atoms with van der Waals surface area (Å²) < 4.78 is 7.51. The highest BCUT2D eigenvalue weighted by atomic mass is 16.4. The van der Waals surface area contributed by atoms with E-state index in [1.54, 1.807) is 0 Å². The van der Waals surface area contributed by atoms with Gasteiger partial charge < -0.3 is 9.73 Å². The second-order valence-electron chi connectivity index (χ2n) is 6.33. The van der Waals surface area contributed by atoms with Crippen molar-refractivity contribution in [3.8, 4) is 0 Å². The zero-order chi connectivity index (χ0) is 15.6. The molecule has 2 heterocycles. The van der Waals surface area contributed by atoms with Crippen molar-refractivity contribution in [3.05, 3.63) is 29.2 Å². The lowest BCUT2D eigenvalue weighted by molar-refractivity contribution is 0.353. The van der Waals surface area contributed by atoms with Gasteiger partial charge >= 0.3 is 0 Å². The van der Waals surface area contributed by atoms with Crippen LogP contribution in [0.25, 0.3) is 0 Å². The minimum atomic E-state index is -0.00869. The molecule has 0 radical (unpaired) electrons. The Balaban J connectivity index is 2.03. The van der Waals surface area contributed by atoms with Gasteiger partial charge in [-0.05, 0) is 34.6 Å². The van der Waals surface area contributed by atoms with Gasteiger partial charge in [0.05, 0.1) is 17.8 Å². The summed E-state index contributed by atoms with van der Waals surface area (Å²) >= 11 is 0. The summed E-state index contributed by atoms with van der Waals surface area (Å²) in [6.07, 6.45) is 2.87. The molecule has 0 saturated heterocycles. The van der Waals surface area contributed by atoms with Crippen LogP contribution < -0.4 is 5.32 Å². The second-order valence-corrected chi connectivity index (χ2v) is 6.33. The van der Waals surface area contributed by atoms with Crippen LogP contribution in [0.3, 0.4) is 0 Å². The molecule has 0 aromatic carbocycles. The number of aryl methyl sites for hydroxylation is 2. The molecule has 0 saturated carbocycles. The van der Waals surface area contributed by atoms with E-state index < -0.39 is 0 Å². The fraction of sp³-hybridized carbons (Fsp3) is 0.667. The van der Waals surface area contributed by atoms with Crippen molar-refractivity contribution < 1.29 is 4.42 Å². The Bertz CT molecular complexity index is 593. The van der Waals surface area contributed by atoms with E-state index in [0.29, 0.717) is 18.3 Å². The minimum Gasteiger partial charge on any atom is -0.424 e. The Labute approximate surface area is 125 Å². The van der Waals surface area contributed by atoms with Crippen molar-refractivity contribution >= 4 is 0 Å². The molecule has 6 heteroatoms. The highest BCUT2D eigenvalue weighted by Crippen LogP contribution is 2.21. The van der Waals surface area contributed by atoms with Crippen molar-refractivity contribution in [2.24, 2.45) is 0 Å². The number of hydrogen-bond donors (Lipinski definition) is 1. The van der Waals surface area contributed by atoms with Gasteiger partial charge in [-0.15, -0.1) is 10.2 Å². The fourth-order valence-electron chi connectivity index (χ4n) is 2.10. The zero-order valence-electron chi connectivity index (χ0n) is 13.8. The summed E-state index contributed by atoms with van der Waals surface area (Å²) in [5, 5.41) is 16.0. The maximum atomic E-state index is 5.50. The second kappa shape index (κ2) is 5.97. The average Bonchev–Trinajstić information content (AvgIpc) is 3.01. The lowest BCUT2D eigenvalue weighted by atomic mass is 10.1. The lowest BCUT2D eigenvalue weighted by Gasteiger charge is -2.19. The predicted molar refractivity (Wildman–Crippen MR) is 80.9 cm³/mol. The number of rotatable bonds is 5. The van der Waals surface area contributed by atoms with Gasteiger partial charge in [0.1, 0.15) is 0 Å². The first-order chi connectivity index (χ1) is 9.81. The van der Waals surface area contributed by atoms with E-state index in [-0.39, 0.29) is 11.6 Å². The van der Waals surface area contributed by atoms with Gasteiger partial charge in [0.15, 0.2) is 0 Å². The number of aromatic nitrogens is 4. The van der Waals surface area contributed by atoms with Crippen LogP contribution in [0.1, 0.15) is 63.7 Å². The summed E-state index contributed by atoms with van der Waals surface area (Å²) in [5.41, 5.74) is 2.23. The Kier molecular flexibility index (Phi) is 4.46. The molecule has 0 amide bonds. The largest absolute Gasteiger partial charge is 0.424 e. The highest BCUT2D eigenvalue weighted by molar-refractivity contribution is 5.20. The summed E-state index contributed by atoms with van der Waals surface area (Å²) in [6, 6.07) is 0.179. The maximum Gasteiger partial charge on any atom is 0.230 e. The maximum absolute atomic E-state index is 5.50. The first kappa shape index (κ1) is 15.7. The molecule has 2 rings (SSSR count). The zero-order valence-corrected chi connectivity index (χ0v) is 13.8. The van der Waals surface area contributed by atoms with Gasteiger partial charge in [-0.2, -0.15) is 5.10 Å². The molecule has 0 bridgehead atoms. The van der Waals surface area contributed by atoms with Gasteiger partial charge in [-0.3, -0.25) is 4.68 Å². The van der Waals surface area contributed by atoms with E-state index >= 15 is 0 Å². The Morgan fingerprint density at radius 3 is 2.48 bits per heavy atom. The number of nitrogens with one attached hydrogen (secondary N) is 1. The Morgan fingerprint density at radius 1 is 1.29 bits per heavy atom. The van der Waals surface area contributed by atoms with Crippen LogP contribution in [0.15, 0.2) is 10.6 Å². The first-order valence-corrected chi connectivity index (χ1v) is 7.42. The molecule has 1 N–H and O–H groups in total. The van der Waals surface area contributed by atoms with Crippen LogP contribution >= 0.6 is 0 Å². The van der Waals surface area contributed by atoms with Crippen LogP contribution in [0.5, 0.6) is 0 Å². The van der Waals surface area contributed by atoms with Crippen LogP contribution in [0.2, 0.25) is 0 Å². The van der Waals surface area contributed by atoms with Crippen molar-refractivity contribution in [3.63, 3.8) is 0 Å². The molecule has 0 aliphatic heterocycles. The van der Waals surface area contributed by atoms with Crippen molar-refractivity contribution in [2.45, 2.75) is 66.1 Å². The topological polar surface area (TPSA) is 68.8 Å². The van der Waals surface area contributed by atoms with Crippen LogP contribution in [0.4, 0.5) is 0 Å². The van der Waals surface area contributed by atoms with Crippen LogP contribution in [0, 0.1) is 6.92 Å². The standard InChI is InChI=1S/C15H25N5O/c1-7-13-17-18-14(21-13)8-16-10(2)12-9-20(15(4,5)6)19-11(12)3/h9-10,16H,7-8H2,1-6H3. The Morgan fingerprint density at radius 2 is 1.95 bits per heavy atom. The smallest absolute Gasteiger partial charge is 0.230 e. The number of nitrogens with zero attached hydrogens (tertiary/aromatic N) is 4. The lowest BCUT2D eigenvalue weighted by Crippen LogP contribution is -2.22. The van der Waals surface area contributed by atoms with E-state index in [1.165, 1.54) is 5.56 Å². The summed E-state index contributed by atoms with van der Waals surface area (Å²) in [5.74, 6) is 1.30. The SMILES string of the molecule is CCc1nnc(CNC(C)c2cn(C(C)(C)C)nc2C)o1. The third-order valence-electron chi connectivity index (χ3n) is 3.46. The molecular weight excluding hydrogens is 266 g/mol. The molecule has 2 aromatic rings. The Hall–Kier alpha value is -1.69. The third kappa shape index (κ3) is 3.69. The van der Waals surface area contributed by atoms with Gasteiger partial charge in [0.2, 0.25) is 11.8 Å². The summed E-state index contributed by atoms with van der Waals surface area (Å²) in [6.45, 7) is 13.2. The van der Waals surface area contributed by atoms with E-state index in [0.717, 1.165) is 12.1 Å². The molecule has 0 fully saturated rings. The van der Waals surface area contributed by atoms with Gasteiger partial charge in [0, 0.05) is 24.2 Å². The molecular formula is C15H25N5O. The molecule has 1 atom stereocenters. The van der Waals surface area contributed by atoms with Gasteiger partial charge in [-0.1, -0.05) is 6.92 Å². The predicted octanol–water partition coefficient (Wildman–Crippen LogP) is 2.74. The third-order valence-corrected chi connectivity index (χ3v) is 3.46. The monoisotopic (exact) mass is 291 g/mol. The molecule has 116 valence electrons. The van der Waals surface area contributed by atoms with Crippen molar-refractivity contribution in [2.75, 3.05) is 0 Å². The molecule has 1 unspecified atom stereocenters. The average molecular weight is 291 g/mol. The quantitative estimate of drug-likeness (QED) is 0.917. The first-order valence-electron chi connectivity index (χ1n) is 7.42. The number of hydrogen-bond acceptors (Lipinski definition) is 5. The normalized spacial score (nSPS) is 13.6.